The molecule has 0 N–H and O–H groups in total. The first kappa shape index (κ1) is 10.9. The van der Waals surface area contributed by atoms with Crippen LogP contribution in [0.4, 0.5) is 0 Å². The van der Waals surface area contributed by atoms with Gasteiger partial charge >= 0.3 is 5.97 Å². The van der Waals surface area contributed by atoms with Gasteiger partial charge in [-0.25, -0.2) is 9.79 Å². The van der Waals surface area contributed by atoms with Gasteiger partial charge in [-0.05, 0) is 18.1 Å². The molecule has 0 aliphatic carbocycles. The second kappa shape index (κ2) is 4.47. The summed E-state index contributed by atoms with van der Waals surface area (Å²) in [4.78, 5) is 16.0. The molecule has 0 radical (unpaired) electrons. The van der Waals surface area contributed by atoms with Crippen LogP contribution in [0.15, 0.2) is 35.3 Å². The number of nitrogens with zero attached hydrogens (tertiary/aromatic N) is 1. The Morgan fingerprint density at radius 1 is 1.38 bits per heavy atom. The lowest BCUT2D eigenvalue weighted by atomic mass is 10.0. The van der Waals surface area contributed by atoms with E-state index in [0.29, 0.717) is 5.90 Å². The van der Waals surface area contributed by atoms with Crippen LogP contribution in [0.1, 0.15) is 25.8 Å². The molecule has 0 unspecified atom stereocenters. The molecule has 0 amide bonds. The van der Waals surface area contributed by atoms with E-state index in [2.05, 4.69) is 4.99 Å². The zero-order valence-electron chi connectivity index (χ0n) is 9.51. The maximum atomic E-state index is 11.6. The Morgan fingerprint density at radius 3 is 2.69 bits per heavy atom. The predicted molar refractivity (Wildman–Crippen MR) is 62.3 cm³/mol. The molecule has 0 saturated heterocycles. The minimum atomic E-state index is -0.333. The number of aliphatic imine (C=N–C) groups is 1. The highest BCUT2D eigenvalue weighted by Gasteiger charge is 2.33. The van der Waals surface area contributed by atoms with Crippen molar-refractivity contribution in [2.75, 3.05) is 0 Å². The van der Waals surface area contributed by atoms with Crippen molar-refractivity contribution in [3.8, 4) is 0 Å². The molecule has 2 atom stereocenters. The first-order chi connectivity index (χ1) is 7.72. The molecular formula is C13H15NO2. The number of esters is 1. The van der Waals surface area contributed by atoms with Crippen LogP contribution >= 0.6 is 0 Å². The molecule has 1 aromatic rings. The molecule has 2 rings (SSSR count). The molecule has 16 heavy (non-hydrogen) atoms. The Bertz CT molecular complexity index is 411. The van der Waals surface area contributed by atoms with Crippen molar-refractivity contribution in [2.45, 2.75) is 26.3 Å². The van der Waals surface area contributed by atoms with E-state index in [1.165, 1.54) is 0 Å². The number of carbonyl (C=O) groups excluding carboxylic acids is 1. The summed E-state index contributed by atoms with van der Waals surface area (Å²) in [6, 6.07) is 9.19. The fraction of sp³-hybridized carbons (Fsp3) is 0.385. The number of carbonyl (C=O) groups is 1. The number of hydrogen-bond acceptors (Lipinski definition) is 3. The Morgan fingerprint density at radius 2 is 2.06 bits per heavy atom. The summed E-state index contributed by atoms with van der Waals surface area (Å²) in [5, 5.41) is 0. The summed E-state index contributed by atoms with van der Waals surface area (Å²) in [6.07, 6.45) is 0.922. The first-order valence-electron chi connectivity index (χ1n) is 5.57. The van der Waals surface area contributed by atoms with Crippen LogP contribution in [0.2, 0.25) is 0 Å². The van der Waals surface area contributed by atoms with E-state index in [1.807, 2.05) is 44.2 Å². The van der Waals surface area contributed by atoms with E-state index in [1.54, 1.807) is 0 Å². The average molecular weight is 217 g/mol. The van der Waals surface area contributed by atoms with Gasteiger partial charge < -0.3 is 4.74 Å². The Labute approximate surface area is 95.2 Å². The number of hydrogen-bond donors (Lipinski definition) is 0. The lowest BCUT2D eigenvalue weighted by Crippen LogP contribution is -2.22. The van der Waals surface area contributed by atoms with Crippen LogP contribution < -0.4 is 0 Å². The van der Waals surface area contributed by atoms with Gasteiger partial charge in [-0.15, -0.1) is 0 Å². The molecule has 1 aliphatic rings. The first-order valence-corrected chi connectivity index (χ1v) is 5.57. The SMILES string of the molecule is CC[C@H](C)[C@@H]1N=C(c2ccccc2)OC1=O. The molecule has 0 fully saturated rings. The highest BCUT2D eigenvalue weighted by atomic mass is 16.6. The normalized spacial score (nSPS) is 21.5. The van der Waals surface area contributed by atoms with Crippen molar-refractivity contribution in [3.05, 3.63) is 35.9 Å². The molecule has 1 aliphatic heterocycles. The van der Waals surface area contributed by atoms with Gasteiger partial charge in [-0.3, -0.25) is 0 Å². The van der Waals surface area contributed by atoms with Crippen molar-refractivity contribution < 1.29 is 9.53 Å². The monoisotopic (exact) mass is 217 g/mol. The van der Waals surface area contributed by atoms with E-state index >= 15 is 0 Å². The van der Waals surface area contributed by atoms with Crippen LogP contribution in [-0.2, 0) is 9.53 Å². The van der Waals surface area contributed by atoms with Crippen molar-refractivity contribution in [1.29, 1.82) is 0 Å². The molecule has 3 heteroatoms. The van der Waals surface area contributed by atoms with Gasteiger partial charge in [-0.2, -0.15) is 0 Å². The Balaban J connectivity index is 2.23. The van der Waals surface area contributed by atoms with Crippen LogP contribution in [-0.4, -0.2) is 17.9 Å². The molecule has 0 saturated carbocycles. The second-order valence-electron chi connectivity index (χ2n) is 4.05. The van der Waals surface area contributed by atoms with Crippen LogP contribution in [0.3, 0.4) is 0 Å². The maximum Gasteiger partial charge on any atom is 0.338 e. The summed E-state index contributed by atoms with van der Waals surface area (Å²) in [5.41, 5.74) is 0.863. The lowest BCUT2D eigenvalue weighted by molar-refractivity contribution is -0.135. The maximum absolute atomic E-state index is 11.6. The Hall–Kier alpha value is -1.64. The number of benzene rings is 1. The lowest BCUT2D eigenvalue weighted by Gasteiger charge is -2.09. The fourth-order valence-electron chi connectivity index (χ4n) is 1.66. The summed E-state index contributed by atoms with van der Waals surface area (Å²) < 4.78 is 5.19. The number of cyclic esters (lactones) is 1. The molecule has 84 valence electrons. The highest BCUT2D eigenvalue weighted by Crippen LogP contribution is 2.20. The summed E-state index contributed by atoms with van der Waals surface area (Å²) >= 11 is 0. The minimum Gasteiger partial charge on any atom is -0.406 e. The van der Waals surface area contributed by atoms with Gasteiger partial charge in [0, 0.05) is 5.56 Å². The third-order valence-corrected chi connectivity index (χ3v) is 2.90. The molecule has 3 nitrogen and oxygen atoms in total. The van der Waals surface area contributed by atoms with Gasteiger partial charge in [0.1, 0.15) is 0 Å². The largest absolute Gasteiger partial charge is 0.406 e. The van der Waals surface area contributed by atoms with Gasteiger partial charge in [0.05, 0.1) is 0 Å². The molecular weight excluding hydrogens is 202 g/mol. The predicted octanol–water partition coefficient (Wildman–Crippen LogP) is 2.40. The number of rotatable bonds is 3. The van der Waals surface area contributed by atoms with E-state index in [0.717, 1.165) is 12.0 Å². The minimum absolute atomic E-state index is 0.229. The second-order valence-corrected chi connectivity index (χ2v) is 4.05. The molecule has 1 heterocycles. The molecule has 1 aromatic carbocycles. The van der Waals surface area contributed by atoms with Gasteiger partial charge in [0.15, 0.2) is 6.04 Å². The topological polar surface area (TPSA) is 38.7 Å². The summed E-state index contributed by atoms with van der Waals surface area (Å²) in [5.74, 6) is 0.456. The summed E-state index contributed by atoms with van der Waals surface area (Å²) in [7, 11) is 0. The van der Waals surface area contributed by atoms with Crippen LogP contribution in [0.25, 0.3) is 0 Å². The quantitative estimate of drug-likeness (QED) is 0.729. The summed E-state index contributed by atoms with van der Waals surface area (Å²) in [6.45, 7) is 4.07. The van der Waals surface area contributed by atoms with Crippen LogP contribution in [0.5, 0.6) is 0 Å². The van der Waals surface area contributed by atoms with Gasteiger partial charge in [0.2, 0.25) is 5.90 Å². The zero-order valence-corrected chi connectivity index (χ0v) is 9.51. The van der Waals surface area contributed by atoms with Gasteiger partial charge in [-0.1, -0.05) is 38.5 Å². The molecule has 0 spiro atoms. The standard InChI is InChI=1S/C13H15NO2/c1-3-9(2)11-13(15)16-12(14-11)10-7-5-4-6-8-10/h4-9,11H,3H2,1-2H3/t9-,11-/m0/s1. The third-order valence-electron chi connectivity index (χ3n) is 2.90. The van der Waals surface area contributed by atoms with Crippen LogP contribution in [0, 0.1) is 5.92 Å². The van der Waals surface area contributed by atoms with Crippen molar-refractivity contribution in [3.63, 3.8) is 0 Å². The van der Waals surface area contributed by atoms with E-state index in [4.69, 9.17) is 4.74 Å². The molecule has 0 aromatic heterocycles. The van der Waals surface area contributed by atoms with Gasteiger partial charge in [0.25, 0.3) is 0 Å². The average Bonchev–Trinajstić information content (AvgIpc) is 2.71. The third kappa shape index (κ3) is 1.98. The van der Waals surface area contributed by atoms with E-state index in [9.17, 15) is 4.79 Å². The van der Waals surface area contributed by atoms with E-state index in [-0.39, 0.29) is 17.9 Å². The van der Waals surface area contributed by atoms with Crippen molar-refractivity contribution in [1.82, 2.24) is 0 Å². The van der Waals surface area contributed by atoms with Crippen molar-refractivity contribution >= 4 is 11.9 Å². The number of ether oxygens (including phenoxy) is 1. The van der Waals surface area contributed by atoms with Crippen molar-refractivity contribution in [2.24, 2.45) is 10.9 Å². The smallest absolute Gasteiger partial charge is 0.338 e. The fourth-order valence-corrected chi connectivity index (χ4v) is 1.66. The Kier molecular flexibility index (Phi) is 3.04. The highest BCUT2D eigenvalue weighted by molar-refractivity contribution is 6.06. The molecule has 0 bridgehead atoms. The van der Waals surface area contributed by atoms with E-state index < -0.39 is 0 Å². The zero-order chi connectivity index (χ0) is 11.5.